The topological polar surface area (TPSA) is 15.3 Å². The second-order valence-electron chi connectivity index (χ2n) is 4.40. The first-order valence-electron chi connectivity index (χ1n) is 6.11. The second-order valence-corrected chi connectivity index (χ2v) is 5.44. The van der Waals surface area contributed by atoms with Gasteiger partial charge in [0.15, 0.2) is 0 Å². The van der Waals surface area contributed by atoms with E-state index < -0.39 is 0 Å². The first-order chi connectivity index (χ1) is 7.74. The predicted molar refractivity (Wildman–Crippen MR) is 73.3 cm³/mol. The van der Waals surface area contributed by atoms with E-state index in [1.165, 1.54) is 30.7 Å². The van der Waals surface area contributed by atoms with Gasteiger partial charge in [-0.1, -0.05) is 6.07 Å². The molecule has 16 heavy (non-hydrogen) atoms. The summed E-state index contributed by atoms with van der Waals surface area (Å²) < 4.78 is 0. The molecule has 1 N–H and O–H groups in total. The Bertz CT molecular complexity index is 259. The van der Waals surface area contributed by atoms with Gasteiger partial charge in [0.2, 0.25) is 0 Å². The van der Waals surface area contributed by atoms with Gasteiger partial charge in [0.25, 0.3) is 0 Å². The van der Waals surface area contributed by atoms with Crippen molar-refractivity contribution in [2.75, 3.05) is 27.2 Å². The predicted octanol–water partition coefficient (Wildman–Crippen LogP) is 2.61. The molecule has 0 aliphatic heterocycles. The summed E-state index contributed by atoms with van der Waals surface area (Å²) in [6, 6.07) is 5.05. The number of likely N-dealkylation sites (N-methyl/N-ethyl adjacent to an activating group) is 1. The van der Waals surface area contributed by atoms with Gasteiger partial charge in [0.05, 0.1) is 0 Å². The van der Waals surface area contributed by atoms with Gasteiger partial charge in [-0.15, -0.1) is 11.3 Å². The third-order valence-corrected chi connectivity index (χ3v) is 4.03. The van der Waals surface area contributed by atoms with Gasteiger partial charge in [-0.2, -0.15) is 0 Å². The van der Waals surface area contributed by atoms with Crippen LogP contribution in [0.4, 0.5) is 0 Å². The average Bonchev–Trinajstić information content (AvgIpc) is 2.79. The van der Waals surface area contributed by atoms with E-state index in [9.17, 15) is 0 Å². The normalized spacial score (nSPS) is 13.2. The van der Waals surface area contributed by atoms with Crippen LogP contribution in [0.15, 0.2) is 17.5 Å². The molecule has 3 heteroatoms. The molecule has 1 atom stereocenters. The molecule has 1 aromatic heterocycles. The van der Waals surface area contributed by atoms with Crippen LogP contribution in [0.2, 0.25) is 0 Å². The standard InChI is InChI=1S/C13H24N2S/c1-12(6-4-9-14-2)15(3)10-8-13-7-5-11-16-13/h5,7,11-12,14H,4,6,8-10H2,1-3H3. The Kier molecular flexibility index (Phi) is 6.69. The molecule has 0 amide bonds. The zero-order chi connectivity index (χ0) is 11.8. The molecule has 0 aliphatic rings. The number of hydrogen-bond donors (Lipinski definition) is 1. The van der Waals surface area contributed by atoms with E-state index in [0.717, 1.165) is 6.54 Å². The van der Waals surface area contributed by atoms with Crippen molar-refractivity contribution in [3.8, 4) is 0 Å². The zero-order valence-electron chi connectivity index (χ0n) is 10.7. The van der Waals surface area contributed by atoms with E-state index in [4.69, 9.17) is 0 Å². The van der Waals surface area contributed by atoms with Crippen LogP contribution in [0, 0.1) is 0 Å². The summed E-state index contributed by atoms with van der Waals surface area (Å²) in [5.41, 5.74) is 0. The highest BCUT2D eigenvalue weighted by Crippen LogP contribution is 2.11. The van der Waals surface area contributed by atoms with Crippen molar-refractivity contribution in [1.82, 2.24) is 10.2 Å². The highest BCUT2D eigenvalue weighted by atomic mass is 32.1. The van der Waals surface area contributed by atoms with Gasteiger partial charge in [0, 0.05) is 17.5 Å². The molecule has 0 fully saturated rings. The summed E-state index contributed by atoms with van der Waals surface area (Å²) in [7, 11) is 4.25. The quantitative estimate of drug-likeness (QED) is 0.703. The van der Waals surface area contributed by atoms with Crippen molar-refractivity contribution in [2.45, 2.75) is 32.2 Å². The fourth-order valence-corrected chi connectivity index (χ4v) is 2.45. The van der Waals surface area contributed by atoms with E-state index >= 15 is 0 Å². The van der Waals surface area contributed by atoms with E-state index in [0.29, 0.717) is 6.04 Å². The Balaban J connectivity index is 2.15. The number of rotatable bonds is 8. The Morgan fingerprint density at radius 3 is 2.94 bits per heavy atom. The number of hydrogen-bond acceptors (Lipinski definition) is 3. The first kappa shape index (κ1) is 13.7. The third kappa shape index (κ3) is 5.10. The lowest BCUT2D eigenvalue weighted by atomic mass is 10.1. The van der Waals surface area contributed by atoms with Crippen LogP contribution in [-0.2, 0) is 6.42 Å². The number of nitrogens with one attached hydrogen (secondary N) is 1. The smallest absolute Gasteiger partial charge is 0.00644 e. The molecular weight excluding hydrogens is 216 g/mol. The lowest BCUT2D eigenvalue weighted by Gasteiger charge is -2.24. The molecular formula is C13H24N2S. The van der Waals surface area contributed by atoms with E-state index in [2.05, 4.69) is 41.7 Å². The van der Waals surface area contributed by atoms with Crippen molar-refractivity contribution in [2.24, 2.45) is 0 Å². The Labute approximate surface area is 104 Å². The minimum absolute atomic E-state index is 0.688. The Morgan fingerprint density at radius 2 is 2.31 bits per heavy atom. The van der Waals surface area contributed by atoms with Crippen LogP contribution >= 0.6 is 11.3 Å². The Morgan fingerprint density at radius 1 is 1.50 bits per heavy atom. The van der Waals surface area contributed by atoms with Gasteiger partial charge < -0.3 is 10.2 Å². The van der Waals surface area contributed by atoms with Crippen LogP contribution in [0.25, 0.3) is 0 Å². The molecule has 0 spiro atoms. The fourth-order valence-electron chi connectivity index (χ4n) is 1.76. The summed E-state index contributed by atoms with van der Waals surface area (Å²) in [5, 5.41) is 5.36. The minimum atomic E-state index is 0.688. The van der Waals surface area contributed by atoms with Gasteiger partial charge in [-0.3, -0.25) is 0 Å². The molecule has 1 unspecified atom stereocenters. The fraction of sp³-hybridized carbons (Fsp3) is 0.692. The molecule has 1 aromatic rings. The summed E-state index contributed by atoms with van der Waals surface area (Å²) in [6.45, 7) is 4.62. The zero-order valence-corrected chi connectivity index (χ0v) is 11.5. The maximum Gasteiger partial charge on any atom is 0.00644 e. The van der Waals surface area contributed by atoms with E-state index in [1.54, 1.807) is 0 Å². The summed E-state index contributed by atoms with van der Waals surface area (Å²) in [6.07, 6.45) is 3.73. The van der Waals surface area contributed by atoms with Gasteiger partial charge in [-0.05, 0) is 58.3 Å². The lowest BCUT2D eigenvalue weighted by Crippen LogP contribution is -2.31. The van der Waals surface area contributed by atoms with Gasteiger partial charge in [0.1, 0.15) is 0 Å². The first-order valence-corrected chi connectivity index (χ1v) is 6.99. The van der Waals surface area contributed by atoms with Crippen molar-refractivity contribution in [3.63, 3.8) is 0 Å². The summed E-state index contributed by atoms with van der Waals surface area (Å²) in [5.74, 6) is 0. The summed E-state index contributed by atoms with van der Waals surface area (Å²) in [4.78, 5) is 3.96. The molecule has 1 rings (SSSR count). The number of nitrogens with zero attached hydrogens (tertiary/aromatic N) is 1. The molecule has 2 nitrogen and oxygen atoms in total. The van der Waals surface area contributed by atoms with Crippen LogP contribution in [0.3, 0.4) is 0 Å². The summed E-state index contributed by atoms with van der Waals surface area (Å²) >= 11 is 1.86. The minimum Gasteiger partial charge on any atom is -0.320 e. The van der Waals surface area contributed by atoms with Crippen LogP contribution in [-0.4, -0.2) is 38.1 Å². The number of thiophene rings is 1. The maximum absolute atomic E-state index is 3.20. The SMILES string of the molecule is CNCCCC(C)N(C)CCc1cccs1. The van der Waals surface area contributed by atoms with Gasteiger partial charge in [-0.25, -0.2) is 0 Å². The van der Waals surface area contributed by atoms with Crippen LogP contribution in [0.1, 0.15) is 24.6 Å². The van der Waals surface area contributed by atoms with Crippen LogP contribution < -0.4 is 5.32 Å². The lowest BCUT2D eigenvalue weighted by molar-refractivity contribution is 0.246. The molecule has 0 radical (unpaired) electrons. The molecule has 0 aliphatic carbocycles. The molecule has 0 saturated heterocycles. The molecule has 92 valence electrons. The highest BCUT2D eigenvalue weighted by molar-refractivity contribution is 7.09. The third-order valence-electron chi connectivity index (χ3n) is 3.09. The van der Waals surface area contributed by atoms with E-state index in [1.807, 2.05) is 18.4 Å². The van der Waals surface area contributed by atoms with Crippen molar-refractivity contribution in [1.29, 1.82) is 0 Å². The Hall–Kier alpha value is -0.380. The second kappa shape index (κ2) is 7.82. The molecule has 0 saturated carbocycles. The van der Waals surface area contributed by atoms with Crippen molar-refractivity contribution >= 4 is 11.3 Å². The molecule has 0 aromatic carbocycles. The maximum atomic E-state index is 3.20. The largest absolute Gasteiger partial charge is 0.320 e. The van der Waals surface area contributed by atoms with Crippen molar-refractivity contribution < 1.29 is 0 Å². The van der Waals surface area contributed by atoms with E-state index in [-0.39, 0.29) is 0 Å². The molecule has 1 heterocycles. The van der Waals surface area contributed by atoms with Crippen LogP contribution in [0.5, 0.6) is 0 Å². The van der Waals surface area contributed by atoms with Gasteiger partial charge >= 0.3 is 0 Å². The van der Waals surface area contributed by atoms with Crippen molar-refractivity contribution in [3.05, 3.63) is 22.4 Å². The monoisotopic (exact) mass is 240 g/mol. The highest BCUT2D eigenvalue weighted by Gasteiger charge is 2.08. The molecule has 0 bridgehead atoms. The average molecular weight is 240 g/mol.